The van der Waals surface area contributed by atoms with Gasteiger partial charge in [0.1, 0.15) is 11.2 Å². The molecule has 7 heteroatoms. The summed E-state index contributed by atoms with van der Waals surface area (Å²) in [4.78, 5) is 29.6. The predicted octanol–water partition coefficient (Wildman–Crippen LogP) is 1.61. The lowest BCUT2D eigenvalue weighted by molar-refractivity contribution is 0.0957. The van der Waals surface area contributed by atoms with Gasteiger partial charge in [-0.15, -0.1) is 0 Å². The number of piperidine rings is 1. The second-order valence-electron chi connectivity index (χ2n) is 7.21. The summed E-state index contributed by atoms with van der Waals surface area (Å²) in [5.41, 5.74) is 1.62. The molecule has 2 aromatic rings. The summed E-state index contributed by atoms with van der Waals surface area (Å²) in [6.45, 7) is 10.0. The Labute approximate surface area is 147 Å². The fourth-order valence-corrected chi connectivity index (χ4v) is 3.65. The smallest absolute Gasteiger partial charge is 0.256 e. The first-order valence-electron chi connectivity index (χ1n) is 9.11. The van der Waals surface area contributed by atoms with Crippen LogP contribution in [-0.2, 0) is 0 Å². The molecule has 136 valence electrons. The Bertz CT molecular complexity index is 799. The van der Waals surface area contributed by atoms with Gasteiger partial charge in [0, 0.05) is 25.1 Å². The molecule has 0 radical (unpaired) electrons. The van der Waals surface area contributed by atoms with Crippen LogP contribution < -0.4 is 10.9 Å². The molecule has 0 spiro atoms. The number of likely N-dealkylation sites (tertiary alicyclic amines) is 1. The quantitative estimate of drug-likeness (QED) is 0.862. The summed E-state index contributed by atoms with van der Waals surface area (Å²) in [7, 11) is 0. The van der Waals surface area contributed by atoms with E-state index in [4.69, 9.17) is 0 Å². The van der Waals surface area contributed by atoms with Crippen molar-refractivity contribution < 1.29 is 4.79 Å². The minimum absolute atomic E-state index is 0.182. The van der Waals surface area contributed by atoms with E-state index in [1.165, 1.54) is 6.20 Å². The van der Waals surface area contributed by atoms with E-state index >= 15 is 0 Å². The molecule has 7 nitrogen and oxygen atoms in total. The van der Waals surface area contributed by atoms with Gasteiger partial charge in [0.15, 0.2) is 0 Å². The lowest BCUT2D eigenvalue weighted by atomic mass is 9.92. The molecule has 3 rings (SSSR count). The van der Waals surface area contributed by atoms with E-state index in [1.54, 1.807) is 10.6 Å². The molecule has 1 saturated heterocycles. The number of carbonyl (C=O) groups is 1. The first-order chi connectivity index (χ1) is 12.0. The standard InChI is InChI=1S/C18H27N5O2/c1-4-19-18(25)14-10-20-23-15(9-16(24)21-17(14)23)13-5-7-22(8-6-13)11-12(2)3/h9-10,12-13H,4-8,11H2,1-3H3,(H,19,25)(H,21,24). The zero-order valence-electron chi connectivity index (χ0n) is 15.2. The molecule has 0 bridgehead atoms. The highest BCUT2D eigenvalue weighted by Gasteiger charge is 2.25. The third-order valence-corrected chi connectivity index (χ3v) is 4.75. The molecular formula is C18H27N5O2. The number of hydrogen-bond donors (Lipinski definition) is 2. The molecule has 1 amide bonds. The van der Waals surface area contributed by atoms with Crippen LogP contribution in [-0.4, -0.2) is 51.6 Å². The highest BCUT2D eigenvalue weighted by Crippen LogP contribution is 2.28. The largest absolute Gasteiger partial charge is 0.352 e. The first-order valence-corrected chi connectivity index (χ1v) is 9.11. The molecule has 1 aliphatic heterocycles. The van der Waals surface area contributed by atoms with Crippen molar-refractivity contribution >= 4 is 11.6 Å². The van der Waals surface area contributed by atoms with Gasteiger partial charge in [-0.25, -0.2) is 4.52 Å². The normalized spacial score (nSPS) is 16.6. The summed E-state index contributed by atoms with van der Waals surface area (Å²) in [5.74, 6) is 0.737. The summed E-state index contributed by atoms with van der Waals surface area (Å²) in [5, 5.41) is 7.14. The molecule has 25 heavy (non-hydrogen) atoms. The van der Waals surface area contributed by atoms with Gasteiger partial charge in [-0.05, 0) is 38.8 Å². The van der Waals surface area contributed by atoms with Crippen LogP contribution in [0.2, 0.25) is 0 Å². The van der Waals surface area contributed by atoms with E-state index in [1.807, 2.05) is 6.92 Å². The van der Waals surface area contributed by atoms with Crippen LogP contribution in [0.1, 0.15) is 55.6 Å². The van der Waals surface area contributed by atoms with Crippen LogP contribution in [0, 0.1) is 5.92 Å². The maximum absolute atomic E-state index is 12.2. The average Bonchev–Trinajstić information content (AvgIpc) is 2.98. The third-order valence-electron chi connectivity index (χ3n) is 4.75. The molecule has 0 unspecified atom stereocenters. The second-order valence-corrected chi connectivity index (χ2v) is 7.21. The summed E-state index contributed by atoms with van der Waals surface area (Å²) in [6, 6.07) is 1.63. The zero-order chi connectivity index (χ0) is 18.0. The average molecular weight is 345 g/mol. The van der Waals surface area contributed by atoms with E-state index in [2.05, 4.69) is 34.1 Å². The lowest BCUT2D eigenvalue weighted by Gasteiger charge is -2.33. The van der Waals surface area contributed by atoms with Gasteiger partial charge < -0.3 is 15.2 Å². The van der Waals surface area contributed by atoms with E-state index in [-0.39, 0.29) is 17.4 Å². The maximum atomic E-state index is 12.2. The number of aromatic amines is 1. The first kappa shape index (κ1) is 17.7. The van der Waals surface area contributed by atoms with Crippen LogP contribution in [0.3, 0.4) is 0 Å². The molecule has 3 heterocycles. The van der Waals surface area contributed by atoms with Crippen molar-refractivity contribution in [3.05, 3.63) is 33.9 Å². The number of nitrogens with one attached hydrogen (secondary N) is 2. The highest BCUT2D eigenvalue weighted by molar-refractivity contribution is 5.99. The van der Waals surface area contributed by atoms with Crippen molar-refractivity contribution in [2.75, 3.05) is 26.2 Å². The minimum Gasteiger partial charge on any atom is -0.352 e. The number of carbonyl (C=O) groups excluding carboxylic acids is 1. The number of H-pyrrole nitrogens is 1. The number of hydrogen-bond acceptors (Lipinski definition) is 4. The number of rotatable bonds is 5. The summed E-state index contributed by atoms with van der Waals surface area (Å²) in [6.07, 6.45) is 3.54. The molecule has 0 saturated carbocycles. The van der Waals surface area contributed by atoms with Crippen LogP contribution >= 0.6 is 0 Å². The van der Waals surface area contributed by atoms with Gasteiger partial charge in [-0.2, -0.15) is 5.10 Å². The highest BCUT2D eigenvalue weighted by atomic mass is 16.1. The van der Waals surface area contributed by atoms with Gasteiger partial charge in [-0.1, -0.05) is 13.8 Å². The minimum atomic E-state index is -0.211. The molecule has 2 N–H and O–H groups in total. The van der Waals surface area contributed by atoms with Crippen molar-refractivity contribution in [3.63, 3.8) is 0 Å². The van der Waals surface area contributed by atoms with Gasteiger partial charge >= 0.3 is 0 Å². The molecular weight excluding hydrogens is 318 g/mol. The number of nitrogens with zero attached hydrogens (tertiary/aromatic N) is 3. The Morgan fingerprint density at radius 2 is 2.12 bits per heavy atom. The lowest BCUT2D eigenvalue weighted by Crippen LogP contribution is -2.36. The van der Waals surface area contributed by atoms with E-state index in [9.17, 15) is 9.59 Å². The fraction of sp³-hybridized carbons (Fsp3) is 0.611. The summed E-state index contributed by atoms with van der Waals surface area (Å²) < 4.78 is 1.73. The number of fused-ring (bicyclic) bond motifs is 1. The SMILES string of the molecule is CCNC(=O)c1cnn2c(C3CCN(CC(C)C)CC3)cc(=O)[nH]c12. The van der Waals surface area contributed by atoms with Crippen LogP contribution in [0.4, 0.5) is 0 Å². The van der Waals surface area contributed by atoms with Gasteiger partial charge in [0.25, 0.3) is 11.5 Å². The number of amides is 1. The molecule has 0 aromatic carbocycles. The van der Waals surface area contributed by atoms with Crippen molar-refractivity contribution in [1.82, 2.24) is 24.8 Å². The molecule has 2 aromatic heterocycles. The Hall–Kier alpha value is -2.15. The summed E-state index contributed by atoms with van der Waals surface area (Å²) >= 11 is 0. The number of aromatic nitrogens is 3. The van der Waals surface area contributed by atoms with Crippen LogP contribution in [0.5, 0.6) is 0 Å². The Morgan fingerprint density at radius 3 is 2.76 bits per heavy atom. The van der Waals surface area contributed by atoms with Gasteiger partial charge in [-0.3, -0.25) is 9.59 Å². The van der Waals surface area contributed by atoms with Crippen molar-refractivity contribution in [2.45, 2.75) is 39.5 Å². The van der Waals surface area contributed by atoms with Gasteiger partial charge in [0.2, 0.25) is 0 Å². The topological polar surface area (TPSA) is 82.5 Å². The monoisotopic (exact) mass is 345 g/mol. The van der Waals surface area contributed by atoms with Gasteiger partial charge in [0.05, 0.1) is 11.9 Å². The Kier molecular flexibility index (Phi) is 5.22. The molecule has 0 aliphatic carbocycles. The maximum Gasteiger partial charge on any atom is 0.256 e. The van der Waals surface area contributed by atoms with E-state index in [0.29, 0.717) is 23.7 Å². The van der Waals surface area contributed by atoms with Crippen molar-refractivity contribution in [3.8, 4) is 0 Å². The van der Waals surface area contributed by atoms with Crippen LogP contribution in [0.15, 0.2) is 17.1 Å². The molecule has 1 aliphatic rings. The van der Waals surface area contributed by atoms with Crippen LogP contribution in [0.25, 0.3) is 5.65 Å². The third kappa shape index (κ3) is 3.76. The second kappa shape index (κ2) is 7.39. The van der Waals surface area contributed by atoms with Crippen molar-refractivity contribution in [1.29, 1.82) is 0 Å². The van der Waals surface area contributed by atoms with E-state index in [0.717, 1.165) is 38.2 Å². The molecule has 0 atom stereocenters. The van der Waals surface area contributed by atoms with Crippen molar-refractivity contribution in [2.24, 2.45) is 5.92 Å². The fourth-order valence-electron chi connectivity index (χ4n) is 3.65. The Balaban J connectivity index is 1.88. The Morgan fingerprint density at radius 1 is 1.40 bits per heavy atom. The van der Waals surface area contributed by atoms with E-state index < -0.39 is 0 Å². The molecule has 1 fully saturated rings. The zero-order valence-corrected chi connectivity index (χ0v) is 15.2. The predicted molar refractivity (Wildman–Crippen MR) is 97.1 cm³/mol.